The molecule has 1 fully saturated rings. The maximum atomic E-state index is 12.1. The molecule has 1 saturated heterocycles. The first-order valence-corrected chi connectivity index (χ1v) is 6.36. The number of aliphatic carboxylic acids is 1. The Hall–Kier alpha value is -2.04. The molecule has 0 spiro atoms. The van der Waals surface area contributed by atoms with Crippen molar-refractivity contribution in [2.75, 3.05) is 11.9 Å². The second-order valence-electron chi connectivity index (χ2n) is 4.96. The minimum absolute atomic E-state index is 0.236. The Balaban J connectivity index is 2.01. The summed E-state index contributed by atoms with van der Waals surface area (Å²) in [6.45, 7) is 4.24. The number of nitrogens with one attached hydrogen (secondary N) is 1. The first-order chi connectivity index (χ1) is 8.99. The van der Waals surface area contributed by atoms with Crippen molar-refractivity contribution in [3.05, 3.63) is 29.8 Å². The van der Waals surface area contributed by atoms with Gasteiger partial charge in [-0.05, 0) is 32.4 Å². The summed E-state index contributed by atoms with van der Waals surface area (Å²) in [4.78, 5) is 24.7. The highest BCUT2D eigenvalue weighted by Gasteiger charge is 2.38. The SMILES string of the molecule is Cc1ccc(NC(=O)N2CCC(C(=O)O)C2C)cc1. The van der Waals surface area contributed by atoms with Gasteiger partial charge in [0.05, 0.1) is 5.92 Å². The quantitative estimate of drug-likeness (QED) is 0.859. The average molecular weight is 262 g/mol. The van der Waals surface area contributed by atoms with Crippen LogP contribution in [0.15, 0.2) is 24.3 Å². The van der Waals surface area contributed by atoms with E-state index < -0.39 is 11.9 Å². The van der Waals surface area contributed by atoms with Crippen molar-refractivity contribution in [3.8, 4) is 0 Å². The van der Waals surface area contributed by atoms with Gasteiger partial charge in [-0.25, -0.2) is 4.79 Å². The number of carboxylic acid groups (broad SMARTS) is 1. The monoisotopic (exact) mass is 262 g/mol. The van der Waals surface area contributed by atoms with Gasteiger partial charge < -0.3 is 15.3 Å². The van der Waals surface area contributed by atoms with Gasteiger partial charge in [-0.1, -0.05) is 17.7 Å². The van der Waals surface area contributed by atoms with Crippen LogP contribution in [0.1, 0.15) is 18.9 Å². The van der Waals surface area contributed by atoms with Crippen molar-refractivity contribution in [1.29, 1.82) is 0 Å². The normalized spacial score (nSPS) is 22.3. The molecule has 102 valence electrons. The third-order valence-electron chi connectivity index (χ3n) is 3.64. The van der Waals surface area contributed by atoms with Crippen LogP contribution in [-0.2, 0) is 4.79 Å². The van der Waals surface area contributed by atoms with E-state index in [0.717, 1.165) is 11.3 Å². The molecule has 19 heavy (non-hydrogen) atoms. The van der Waals surface area contributed by atoms with Gasteiger partial charge in [-0.2, -0.15) is 0 Å². The van der Waals surface area contributed by atoms with E-state index in [1.807, 2.05) is 31.2 Å². The van der Waals surface area contributed by atoms with Gasteiger partial charge in [-0.3, -0.25) is 4.79 Å². The Bertz CT molecular complexity index is 484. The average Bonchev–Trinajstić information content (AvgIpc) is 2.74. The Morgan fingerprint density at radius 1 is 1.32 bits per heavy atom. The molecule has 1 aliphatic heterocycles. The standard InChI is InChI=1S/C14H18N2O3/c1-9-3-5-11(6-4-9)15-14(19)16-8-7-12(10(16)2)13(17)18/h3-6,10,12H,7-8H2,1-2H3,(H,15,19)(H,17,18). The Labute approximate surface area is 112 Å². The van der Waals surface area contributed by atoms with Crippen LogP contribution in [0.3, 0.4) is 0 Å². The fraction of sp³-hybridized carbons (Fsp3) is 0.429. The van der Waals surface area contributed by atoms with Crippen molar-refractivity contribution < 1.29 is 14.7 Å². The molecule has 1 heterocycles. The van der Waals surface area contributed by atoms with Crippen LogP contribution >= 0.6 is 0 Å². The molecule has 2 amide bonds. The number of hydrogen-bond donors (Lipinski definition) is 2. The van der Waals surface area contributed by atoms with Crippen LogP contribution in [0.25, 0.3) is 0 Å². The van der Waals surface area contributed by atoms with E-state index in [-0.39, 0.29) is 12.1 Å². The minimum atomic E-state index is -0.835. The van der Waals surface area contributed by atoms with Gasteiger partial charge in [0.1, 0.15) is 0 Å². The first kappa shape index (κ1) is 13.4. The van der Waals surface area contributed by atoms with Gasteiger partial charge in [0, 0.05) is 18.3 Å². The highest BCUT2D eigenvalue weighted by molar-refractivity contribution is 5.90. The number of carboxylic acids is 1. The van der Waals surface area contributed by atoms with Crippen molar-refractivity contribution in [2.45, 2.75) is 26.3 Å². The zero-order valence-corrected chi connectivity index (χ0v) is 11.1. The molecule has 0 saturated carbocycles. The molecule has 2 rings (SSSR count). The number of benzene rings is 1. The summed E-state index contributed by atoms with van der Waals surface area (Å²) in [5, 5.41) is 11.8. The molecule has 0 aromatic heterocycles. The largest absolute Gasteiger partial charge is 0.481 e. The summed E-state index contributed by atoms with van der Waals surface area (Å²) in [5.41, 5.74) is 1.85. The lowest BCUT2D eigenvalue weighted by Crippen LogP contribution is -2.40. The van der Waals surface area contributed by atoms with E-state index in [4.69, 9.17) is 5.11 Å². The molecule has 2 unspecified atom stereocenters. The Morgan fingerprint density at radius 2 is 1.95 bits per heavy atom. The molecular formula is C14H18N2O3. The van der Waals surface area contributed by atoms with Gasteiger partial charge in [-0.15, -0.1) is 0 Å². The van der Waals surface area contributed by atoms with E-state index >= 15 is 0 Å². The maximum Gasteiger partial charge on any atom is 0.322 e. The fourth-order valence-electron chi connectivity index (χ4n) is 2.39. The second kappa shape index (κ2) is 5.30. The smallest absolute Gasteiger partial charge is 0.322 e. The van der Waals surface area contributed by atoms with Crippen LogP contribution in [0, 0.1) is 12.8 Å². The van der Waals surface area contributed by atoms with Crippen LogP contribution < -0.4 is 5.32 Å². The molecule has 1 aromatic rings. The third kappa shape index (κ3) is 2.86. The number of urea groups is 1. The first-order valence-electron chi connectivity index (χ1n) is 6.36. The summed E-state index contributed by atoms with van der Waals surface area (Å²) in [6, 6.07) is 7.00. The Morgan fingerprint density at radius 3 is 2.47 bits per heavy atom. The van der Waals surface area contributed by atoms with Crippen LogP contribution in [0.5, 0.6) is 0 Å². The third-order valence-corrected chi connectivity index (χ3v) is 3.64. The Kier molecular flexibility index (Phi) is 3.74. The molecule has 0 radical (unpaired) electrons. The molecule has 5 nitrogen and oxygen atoms in total. The lowest BCUT2D eigenvalue weighted by Gasteiger charge is -2.23. The van der Waals surface area contributed by atoms with E-state index in [0.29, 0.717) is 13.0 Å². The van der Waals surface area contributed by atoms with Gasteiger partial charge in [0.25, 0.3) is 0 Å². The highest BCUT2D eigenvalue weighted by Crippen LogP contribution is 2.25. The molecule has 1 aliphatic rings. The molecule has 0 bridgehead atoms. The topological polar surface area (TPSA) is 69.6 Å². The predicted molar refractivity (Wildman–Crippen MR) is 72.1 cm³/mol. The summed E-state index contributed by atoms with van der Waals surface area (Å²) < 4.78 is 0. The van der Waals surface area contributed by atoms with Gasteiger partial charge in [0.15, 0.2) is 0 Å². The molecule has 0 aliphatic carbocycles. The van der Waals surface area contributed by atoms with E-state index in [2.05, 4.69) is 5.32 Å². The number of nitrogens with zero attached hydrogens (tertiary/aromatic N) is 1. The van der Waals surface area contributed by atoms with E-state index in [1.165, 1.54) is 0 Å². The predicted octanol–water partition coefficient (Wildman–Crippen LogP) is 2.32. The number of hydrogen-bond acceptors (Lipinski definition) is 2. The summed E-state index contributed by atoms with van der Waals surface area (Å²) in [5.74, 6) is -1.30. The van der Waals surface area contributed by atoms with Crippen LogP contribution in [0.2, 0.25) is 0 Å². The maximum absolute atomic E-state index is 12.1. The van der Waals surface area contributed by atoms with Crippen molar-refractivity contribution in [2.24, 2.45) is 5.92 Å². The number of anilines is 1. The summed E-state index contributed by atoms with van der Waals surface area (Å²) >= 11 is 0. The van der Waals surface area contributed by atoms with Crippen molar-refractivity contribution >= 4 is 17.7 Å². The summed E-state index contributed by atoms with van der Waals surface area (Å²) in [7, 11) is 0. The number of aryl methyl sites for hydroxylation is 1. The summed E-state index contributed by atoms with van der Waals surface area (Å²) in [6.07, 6.45) is 0.512. The number of likely N-dealkylation sites (tertiary alicyclic amines) is 1. The lowest BCUT2D eigenvalue weighted by atomic mass is 10.0. The molecule has 2 atom stereocenters. The molecular weight excluding hydrogens is 244 g/mol. The minimum Gasteiger partial charge on any atom is -0.481 e. The lowest BCUT2D eigenvalue weighted by molar-refractivity contribution is -0.142. The molecule has 2 N–H and O–H groups in total. The van der Waals surface area contributed by atoms with Gasteiger partial charge >= 0.3 is 12.0 Å². The zero-order chi connectivity index (χ0) is 14.0. The van der Waals surface area contributed by atoms with Gasteiger partial charge in [0.2, 0.25) is 0 Å². The number of amides is 2. The number of rotatable bonds is 2. The second-order valence-corrected chi connectivity index (χ2v) is 4.96. The van der Waals surface area contributed by atoms with Crippen LogP contribution in [-0.4, -0.2) is 34.6 Å². The highest BCUT2D eigenvalue weighted by atomic mass is 16.4. The number of carbonyl (C=O) groups excluding carboxylic acids is 1. The van der Waals surface area contributed by atoms with Crippen LogP contribution in [0.4, 0.5) is 10.5 Å². The van der Waals surface area contributed by atoms with Crippen molar-refractivity contribution in [3.63, 3.8) is 0 Å². The van der Waals surface area contributed by atoms with E-state index in [1.54, 1.807) is 11.8 Å². The van der Waals surface area contributed by atoms with Crippen molar-refractivity contribution in [1.82, 2.24) is 4.90 Å². The van der Waals surface area contributed by atoms with E-state index in [9.17, 15) is 9.59 Å². The fourth-order valence-corrected chi connectivity index (χ4v) is 2.39. The molecule has 5 heteroatoms. The number of carbonyl (C=O) groups is 2. The molecule has 1 aromatic carbocycles. The zero-order valence-electron chi connectivity index (χ0n) is 11.1.